The summed E-state index contributed by atoms with van der Waals surface area (Å²) in [6, 6.07) is 0.413. The highest BCUT2D eigenvalue weighted by Crippen LogP contribution is 2.44. The maximum Gasteiger partial charge on any atom is 0.408 e. The minimum atomic E-state index is -2.74. The monoisotopic (exact) mass is 585 g/mol. The Morgan fingerprint density at radius 1 is 1.12 bits per heavy atom. The fourth-order valence-electron chi connectivity index (χ4n) is 5.53. The maximum atomic E-state index is 13.9. The molecule has 2 amide bonds. The summed E-state index contributed by atoms with van der Waals surface area (Å²) >= 11 is 0. The van der Waals surface area contributed by atoms with E-state index in [4.69, 9.17) is 9.47 Å². The van der Waals surface area contributed by atoms with Gasteiger partial charge in [-0.2, -0.15) is 5.10 Å². The van der Waals surface area contributed by atoms with Crippen molar-refractivity contribution in [2.24, 2.45) is 11.8 Å². The smallest absolute Gasteiger partial charge is 0.408 e. The van der Waals surface area contributed by atoms with Gasteiger partial charge in [0.25, 0.3) is 0 Å². The van der Waals surface area contributed by atoms with Crippen molar-refractivity contribution < 1.29 is 36.6 Å². The van der Waals surface area contributed by atoms with Crippen molar-refractivity contribution in [2.75, 3.05) is 7.11 Å². The molecule has 0 bridgehead atoms. The number of alkyl halides is 4. The highest BCUT2D eigenvalue weighted by molar-refractivity contribution is 5.77. The molecule has 2 aliphatic carbocycles. The second-order valence-electron chi connectivity index (χ2n) is 12.4. The molecule has 9 nitrogen and oxygen atoms in total. The van der Waals surface area contributed by atoms with E-state index in [9.17, 15) is 27.2 Å². The Labute approximate surface area is 236 Å². The fourth-order valence-corrected chi connectivity index (χ4v) is 5.53. The molecule has 2 saturated carbocycles. The van der Waals surface area contributed by atoms with Crippen LogP contribution in [-0.4, -0.2) is 57.3 Å². The molecule has 0 spiro atoms. The number of halogens is 4. The maximum absolute atomic E-state index is 13.9. The molecule has 2 aromatic heterocycles. The van der Waals surface area contributed by atoms with Crippen molar-refractivity contribution in [3.8, 4) is 0 Å². The second-order valence-corrected chi connectivity index (χ2v) is 12.4. The highest BCUT2D eigenvalue weighted by atomic mass is 19.3. The van der Waals surface area contributed by atoms with Gasteiger partial charge < -0.3 is 20.1 Å². The van der Waals surface area contributed by atoms with Gasteiger partial charge in [0.2, 0.25) is 17.8 Å². The third kappa shape index (κ3) is 8.08. The lowest BCUT2D eigenvalue weighted by molar-refractivity contribution is -0.135. The van der Waals surface area contributed by atoms with Crippen LogP contribution in [-0.2, 0) is 14.3 Å². The lowest BCUT2D eigenvalue weighted by Gasteiger charge is -2.35. The molecular weight excluding hydrogens is 546 g/mol. The SMILES string of the molecule is CO[C@@H](C)[C@@H](NC(=O)CC1CC(F)(F)C1)c1cnn2cc([C@@H](NC(=O)OC(C)(C)C)C3CCC(F)(F)CC3)nc2c1. The van der Waals surface area contributed by atoms with E-state index in [0.29, 0.717) is 16.9 Å². The third-order valence-corrected chi connectivity index (χ3v) is 7.75. The molecule has 13 heteroatoms. The summed E-state index contributed by atoms with van der Waals surface area (Å²) in [5.74, 6) is -6.45. The number of alkyl carbamates (subject to hydrolysis) is 1. The molecule has 0 aliphatic heterocycles. The van der Waals surface area contributed by atoms with Gasteiger partial charge in [-0.25, -0.2) is 31.9 Å². The number of nitrogens with zero attached hydrogens (tertiary/aromatic N) is 3. The number of fused-ring (bicyclic) bond motifs is 1. The Kier molecular flexibility index (Phi) is 8.87. The highest BCUT2D eigenvalue weighted by Gasteiger charge is 2.46. The van der Waals surface area contributed by atoms with Crippen LogP contribution in [0.2, 0.25) is 0 Å². The van der Waals surface area contributed by atoms with Crippen molar-refractivity contribution in [1.29, 1.82) is 0 Å². The zero-order valence-electron chi connectivity index (χ0n) is 24.1. The van der Waals surface area contributed by atoms with Crippen molar-refractivity contribution in [1.82, 2.24) is 25.2 Å². The first kappa shape index (κ1) is 31.0. The van der Waals surface area contributed by atoms with Crippen LogP contribution in [0.5, 0.6) is 0 Å². The van der Waals surface area contributed by atoms with Crippen LogP contribution in [0.25, 0.3) is 5.65 Å². The van der Waals surface area contributed by atoms with Gasteiger partial charge in [-0.05, 0) is 58.4 Å². The summed E-state index contributed by atoms with van der Waals surface area (Å²) in [5.41, 5.74) is 0.698. The average molecular weight is 586 g/mol. The molecule has 41 heavy (non-hydrogen) atoms. The lowest BCUT2D eigenvalue weighted by atomic mass is 9.79. The first-order valence-electron chi connectivity index (χ1n) is 14.0. The molecule has 4 rings (SSSR count). The normalized spacial score (nSPS) is 21.5. The average Bonchev–Trinajstić information content (AvgIpc) is 3.26. The van der Waals surface area contributed by atoms with Crippen molar-refractivity contribution in [2.45, 2.75) is 108 Å². The number of amides is 2. The van der Waals surface area contributed by atoms with E-state index >= 15 is 0 Å². The van der Waals surface area contributed by atoms with Gasteiger partial charge in [-0.3, -0.25) is 4.79 Å². The van der Waals surface area contributed by atoms with Crippen LogP contribution in [0.3, 0.4) is 0 Å². The van der Waals surface area contributed by atoms with E-state index in [1.54, 1.807) is 46.2 Å². The number of ether oxygens (including phenoxy) is 2. The molecule has 2 aromatic rings. The largest absolute Gasteiger partial charge is 0.444 e. The number of carbonyl (C=O) groups is 2. The van der Waals surface area contributed by atoms with Gasteiger partial charge in [-0.15, -0.1) is 0 Å². The molecule has 228 valence electrons. The number of carbonyl (C=O) groups excluding carboxylic acids is 2. The molecule has 2 N–H and O–H groups in total. The van der Waals surface area contributed by atoms with E-state index in [2.05, 4.69) is 20.7 Å². The number of imidazole rings is 1. The number of hydrogen-bond donors (Lipinski definition) is 2. The molecule has 3 atom stereocenters. The summed E-state index contributed by atoms with van der Waals surface area (Å²) in [5, 5.41) is 10.1. The van der Waals surface area contributed by atoms with Gasteiger partial charge in [0, 0.05) is 44.8 Å². The number of nitrogens with one attached hydrogen (secondary N) is 2. The van der Waals surface area contributed by atoms with Gasteiger partial charge >= 0.3 is 6.09 Å². The van der Waals surface area contributed by atoms with Gasteiger partial charge in [-0.1, -0.05) is 0 Å². The van der Waals surface area contributed by atoms with E-state index in [0.717, 1.165) is 0 Å². The minimum absolute atomic E-state index is 0.00975. The molecule has 2 aliphatic rings. The topological polar surface area (TPSA) is 107 Å². The van der Waals surface area contributed by atoms with Crippen LogP contribution < -0.4 is 10.6 Å². The molecule has 0 aromatic carbocycles. The number of methoxy groups -OCH3 is 1. The summed E-state index contributed by atoms with van der Waals surface area (Å²) in [4.78, 5) is 30.0. The Hall–Kier alpha value is -2.96. The summed E-state index contributed by atoms with van der Waals surface area (Å²) in [6.07, 6.45) is 1.27. The molecule has 0 saturated heterocycles. The van der Waals surface area contributed by atoms with E-state index in [1.807, 2.05) is 0 Å². The Bertz CT molecular complexity index is 1230. The van der Waals surface area contributed by atoms with Gasteiger partial charge in [0.05, 0.1) is 36.3 Å². The van der Waals surface area contributed by atoms with Gasteiger partial charge in [0.15, 0.2) is 5.65 Å². The predicted octanol–water partition coefficient (Wildman–Crippen LogP) is 5.75. The molecule has 0 radical (unpaired) electrons. The molecule has 2 heterocycles. The summed E-state index contributed by atoms with van der Waals surface area (Å²) in [6.45, 7) is 6.97. The zero-order chi connectivity index (χ0) is 30.2. The Morgan fingerprint density at radius 3 is 2.37 bits per heavy atom. The standard InChI is InChI=1S/C28H39F4N5O4/c1-16(40-5)23(35-22(38)10-17-12-28(31,32)13-17)19-11-21-34-20(15-37(21)33-14-19)24(36-25(39)41-26(2,3)4)18-6-8-27(29,30)9-7-18/h11,14-18,23-24H,6-10,12-13H2,1-5H3,(H,35,38)(H,36,39)/t16-,23+,24-/m0/s1. The van der Waals surface area contributed by atoms with Crippen LogP contribution in [0, 0.1) is 11.8 Å². The Balaban J connectivity index is 1.56. The molecular formula is C28H39F4N5O4. The van der Waals surface area contributed by atoms with Crippen LogP contribution in [0.1, 0.15) is 96.0 Å². The van der Waals surface area contributed by atoms with E-state index in [-0.39, 0.29) is 62.7 Å². The van der Waals surface area contributed by atoms with Crippen LogP contribution in [0.15, 0.2) is 18.5 Å². The zero-order valence-corrected chi connectivity index (χ0v) is 24.1. The van der Waals surface area contributed by atoms with Crippen molar-refractivity contribution in [3.63, 3.8) is 0 Å². The lowest BCUT2D eigenvalue weighted by Crippen LogP contribution is -2.41. The van der Waals surface area contributed by atoms with E-state index in [1.165, 1.54) is 11.6 Å². The predicted molar refractivity (Wildman–Crippen MR) is 142 cm³/mol. The van der Waals surface area contributed by atoms with Crippen molar-refractivity contribution in [3.05, 3.63) is 29.7 Å². The number of hydrogen-bond acceptors (Lipinski definition) is 6. The molecule has 0 unspecified atom stereocenters. The van der Waals surface area contributed by atoms with Crippen molar-refractivity contribution >= 4 is 17.6 Å². The number of rotatable bonds is 9. The fraction of sp³-hybridized carbons (Fsp3) is 0.714. The quantitative estimate of drug-likeness (QED) is 0.363. The summed E-state index contributed by atoms with van der Waals surface area (Å²) in [7, 11) is 1.50. The van der Waals surface area contributed by atoms with Gasteiger partial charge in [0.1, 0.15) is 5.60 Å². The third-order valence-electron chi connectivity index (χ3n) is 7.75. The Morgan fingerprint density at radius 2 is 1.78 bits per heavy atom. The second kappa shape index (κ2) is 11.7. The van der Waals surface area contributed by atoms with Crippen LogP contribution >= 0.6 is 0 Å². The first-order valence-corrected chi connectivity index (χ1v) is 14.0. The molecule has 2 fully saturated rings. The van der Waals surface area contributed by atoms with Crippen LogP contribution in [0.4, 0.5) is 22.4 Å². The minimum Gasteiger partial charge on any atom is -0.444 e. The number of aromatic nitrogens is 3. The first-order chi connectivity index (χ1) is 19.0. The van der Waals surface area contributed by atoms with E-state index < -0.39 is 41.7 Å². The summed E-state index contributed by atoms with van der Waals surface area (Å²) < 4.78 is 66.7.